The number of nitrogens with one attached hydrogen (secondary N) is 1. The monoisotopic (exact) mass is 279 g/mol. The van der Waals surface area contributed by atoms with Crippen LogP contribution in [0.1, 0.15) is 45.2 Å². The third-order valence-corrected chi connectivity index (χ3v) is 3.26. The summed E-state index contributed by atoms with van der Waals surface area (Å²) in [4.78, 5) is 0. The number of ether oxygens (including phenoxy) is 1. The first-order chi connectivity index (χ1) is 9.24. The van der Waals surface area contributed by atoms with Crippen LogP contribution in [0, 0.1) is 13.8 Å². The van der Waals surface area contributed by atoms with Gasteiger partial charge in [0.2, 0.25) is 0 Å². The molecule has 0 saturated heterocycles. The van der Waals surface area contributed by atoms with Crippen LogP contribution in [0.25, 0.3) is 0 Å². The number of hydrogen-bond acceptors (Lipinski definition) is 3. The van der Waals surface area contributed by atoms with Gasteiger partial charge in [0.1, 0.15) is 5.75 Å². The zero-order valence-corrected chi connectivity index (χ0v) is 13.7. The van der Waals surface area contributed by atoms with E-state index in [4.69, 9.17) is 4.74 Å². The van der Waals surface area contributed by atoms with Gasteiger partial charge in [0.15, 0.2) is 0 Å². The van der Waals surface area contributed by atoms with E-state index in [1.807, 2.05) is 13.8 Å². The highest BCUT2D eigenvalue weighted by molar-refractivity contribution is 5.33. The molecular weight excluding hydrogens is 250 g/mol. The van der Waals surface area contributed by atoms with E-state index >= 15 is 0 Å². The van der Waals surface area contributed by atoms with Crippen molar-refractivity contribution in [3.63, 3.8) is 0 Å². The number of aliphatic hydroxyl groups excluding tert-OH is 1. The molecule has 114 valence electrons. The number of hydrogen-bond donors (Lipinski definition) is 2. The van der Waals surface area contributed by atoms with Crippen LogP contribution < -0.4 is 10.1 Å². The predicted molar refractivity (Wildman–Crippen MR) is 84.4 cm³/mol. The van der Waals surface area contributed by atoms with Gasteiger partial charge in [-0.05, 0) is 51.0 Å². The summed E-state index contributed by atoms with van der Waals surface area (Å²) >= 11 is 0. The van der Waals surface area contributed by atoms with Crippen molar-refractivity contribution in [1.29, 1.82) is 0 Å². The molecule has 2 atom stereocenters. The Balaban J connectivity index is 2.68. The molecule has 2 N–H and O–H groups in total. The molecular formula is C17H29NO2. The topological polar surface area (TPSA) is 41.5 Å². The molecule has 0 aliphatic heterocycles. The van der Waals surface area contributed by atoms with Crippen molar-refractivity contribution < 1.29 is 9.84 Å². The maximum atomic E-state index is 9.62. The summed E-state index contributed by atoms with van der Waals surface area (Å²) < 4.78 is 6.00. The van der Waals surface area contributed by atoms with Gasteiger partial charge in [-0.2, -0.15) is 0 Å². The SMILES string of the molecule is Cc1cc(C)cc(OC(C)CC(C)(CO)NC(C)C)c1. The number of aryl methyl sites for hydroxylation is 2. The molecule has 3 nitrogen and oxygen atoms in total. The Morgan fingerprint density at radius 3 is 2.15 bits per heavy atom. The molecule has 0 bridgehead atoms. The molecule has 3 heteroatoms. The van der Waals surface area contributed by atoms with E-state index in [0.29, 0.717) is 6.04 Å². The van der Waals surface area contributed by atoms with Gasteiger partial charge in [-0.15, -0.1) is 0 Å². The van der Waals surface area contributed by atoms with Gasteiger partial charge in [0.25, 0.3) is 0 Å². The van der Waals surface area contributed by atoms with Crippen LogP contribution >= 0.6 is 0 Å². The highest BCUT2D eigenvalue weighted by atomic mass is 16.5. The molecule has 2 unspecified atom stereocenters. The average Bonchev–Trinajstić information content (AvgIpc) is 2.25. The Labute approximate surface area is 123 Å². The first-order valence-electron chi connectivity index (χ1n) is 7.37. The number of aliphatic hydroxyl groups is 1. The van der Waals surface area contributed by atoms with Crippen molar-refractivity contribution in [1.82, 2.24) is 5.32 Å². The van der Waals surface area contributed by atoms with E-state index in [0.717, 1.165) is 12.2 Å². The fourth-order valence-corrected chi connectivity index (χ4v) is 2.78. The molecule has 0 aromatic heterocycles. The Bertz CT molecular complexity index is 411. The number of benzene rings is 1. The van der Waals surface area contributed by atoms with Gasteiger partial charge in [0, 0.05) is 18.0 Å². The van der Waals surface area contributed by atoms with Crippen molar-refractivity contribution in [3.8, 4) is 5.75 Å². The van der Waals surface area contributed by atoms with Crippen LogP contribution in [0.2, 0.25) is 0 Å². The van der Waals surface area contributed by atoms with Gasteiger partial charge in [-0.3, -0.25) is 0 Å². The summed E-state index contributed by atoms with van der Waals surface area (Å²) in [6, 6.07) is 6.57. The molecule has 0 saturated carbocycles. The Morgan fingerprint density at radius 2 is 1.70 bits per heavy atom. The quantitative estimate of drug-likeness (QED) is 0.805. The summed E-state index contributed by atoms with van der Waals surface area (Å²) in [5.41, 5.74) is 2.10. The molecule has 0 heterocycles. The summed E-state index contributed by atoms with van der Waals surface area (Å²) in [6.07, 6.45) is 0.800. The van der Waals surface area contributed by atoms with Crippen molar-refractivity contribution in [3.05, 3.63) is 29.3 Å². The fraction of sp³-hybridized carbons (Fsp3) is 0.647. The van der Waals surface area contributed by atoms with E-state index in [2.05, 4.69) is 51.2 Å². The third-order valence-electron chi connectivity index (χ3n) is 3.26. The second-order valence-corrected chi connectivity index (χ2v) is 6.47. The standard InChI is InChI=1S/C17H29NO2/c1-12(2)18-17(6,11-19)10-15(5)20-16-8-13(3)7-14(4)9-16/h7-9,12,15,18-19H,10-11H2,1-6H3. The lowest BCUT2D eigenvalue weighted by Gasteiger charge is -2.33. The van der Waals surface area contributed by atoms with Crippen LogP contribution in [0.15, 0.2) is 18.2 Å². The van der Waals surface area contributed by atoms with Crippen molar-refractivity contribution in [2.45, 2.75) is 65.6 Å². The first-order valence-corrected chi connectivity index (χ1v) is 7.37. The summed E-state index contributed by atoms with van der Waals surface area (Å²) in [6.45, 7) is 12.5. The molecule has 0 amide bonds. The van der Waals surface area contributed by atoms with Crippen molar-refractivity contribution in [2.24, 2.45) is 0 Å². The van der Waals surface area contributed by atoms with Gasteiger partial charge in [-0.1, -0.05) is 19.9 Å². The summed E-state index contributed by atoms with van der Waals surface area (Å²) in [5, 5.41) is 13.0. The molecule has 0 spiro atoms. The van der Waals surface area contributed by atoms with Gasteiger partial charge in [0.05, 0.1) is 12.7 Å². The van der Waals surface area contributed by atoms with Crippen molar-refractivity contribution in [2.75, 3.05) is 6.61 Å². The minimum Gasteiger partial charge on any atom is -0.491 e. The first kappa shape index (κ1) is 17.0. The summed E-state index contributed by atoms with van der Waals surface area (Å²) in [5.74, 6) is 0.903. The molecule has 20 heavy (non-hydrogen) atoms. The van der Waals surface area contributed by atoms with Crippen LogP contribution in [0.4, 0.5) is 0 Å². The maximum Gasteiger partial charge on any atom is 0.120 e. The van der Waals surface area contributed by atoms with E-state index in [1.54, 1.807) is 0 Å². The fourth-order valence-electron chi connectivity index (χ4n) is 2.78. The lowest BCUT2D eigenvalue weighted by Crippen LogP contribution is -2.51. The summed E-state index contributed by atoms with van der Waals surface area (Å²) in [7, 11) is 0. The Kier molecular flexibility index (Phi) is 6.03. The Hall–Kier alpha value is -1.06. The average molecular weight is 279 g/mol. The molecule has 1 aromatic carbocycles. The largest absolute Gasteiger partial charge is 0.491 e. The van der Waals surface area contributed by atoms with E-state index in [9.17, 15) is 5.11 Å². The zero-order valence-electron chi connectivity index (χ0n) is 13.7. The second kappa shape index (κ2) is 7.09. The van der Waals surface area contributed by atoms with Gasteiger partial charge < -0.3 is 15.2 Å². The molecule has 1 rings (SSSR count). The highest BCUT2D eigenvalue weighted by Gasteiger charge is 2.27. The smallest absolute Gasteiger partial charge is 0.120 e. The lowest BCUT2D eigenvalue weighted by molar-refractivity contribution is 0.104. The highest BCUT2D eigenvalue weighted by Crippen LogP contribution is 2.21. The van der Waals surface area contributed by atoms with Crippen LogP contribution in [-0.2, 0) is 0 Å². The van der Waals surface area contributed by atoms with Gasteiger partial charge >= 0.3 is 0 Å². The molecule has 0 aliphatic rings. The predicted octanol–water partition coefficient (Wildman–Crippen LogP) is 3.21. The third kappa shape index (κ3) is 5.51. The molecule has 0 radical (unpaired) electrons. The second-order valence-electron chi connectivity index (χ2n) is 6.47. The minimum atomic E-state index is -0.313. The van der Waals surface area contributed by atoms with E-state index < -0.39 is 0 Å². The molecule has 0 aliphatic carbocycles. The van der Waals surface area contributed by atoms with E-state index in [1.165, 1.54) is 11.1 Å². The minimum absolute atomic E-state index is 0.0413. The Morgan fingerprint density at radius 1 is 1.15 bits per heavy atom. The van der Waals surface area contributed by atoms with Crippen LogP contribution in [-0.4, -0.2) is 29.4 Å². The van der Waals surface area contributed by atoms with E-state index in [-0.39, 0.29) is 18.2 Å². The molecule has 0 fully saturated rings. The maximum absolute atomic E-state index is 9.62. The van der Waals surface area contributed by atoms with Crippen LogP contribution in [0.3, 0.4) is 0 Å². The van der Waals surface area contributed by atoms with Crippen LogP contribution in [0.5, 0.6) is 5.75 Å². The lowest BCUT2D eigenvalue weighted by atomic mass is 9.94. The van der Waals surface area contributed by atoms with Crippen molar-refractivity contribution >= 4 is 0 Å². The zero-order chi connectivity index (χ0) is 15.3. The molecule has 1 aromatic rings. The number of rotatable bonds is 7. The normalized spacial score (nSPS) is 16.0. The van der Waals surface area contributed by atoms with Gasteiger partial charge in [-0.25, -0.2) is 0 Å².